The standard InChI is InChI=1S/C23H27N3O2/c1-25-16-24-21-15-18(10-12-22(21)25)23(27)26-13-4-3-7-19(26)11-9-17-6-5-8-20(14-17)28-2/h5-6,8,10,12,14-16,19H,3-4,7,9,11,13H2,1-2H3/t19-/m1/s1. The third-order valence-corrected chi connectivity index (χ3v) is 5.76. The zero-order valence-electron chi connectivity index (χ0n) is 16.6. The Balaban J connectivity index is 1.49. The van der Waals surface area contributed by atoms with Crippen LogP contribution in [0.3, 0.4) is 0 Å². The number of amides is 1. The van der Waals surface area contributed by atoms with E-state index in [0.717, 1.165) is 54.6 Å². The van der Waals surface area contributed by atoms with Gasteiger partial charge < -0.3 is 14.2 Å². The van der Waals surface area contributed by atoms with E-state index in [1.54, 1.807) is 13.4 Å². The quantitative estimate of drug-likeness (QED) is 0.669. The maximum Gasteiger partial charge on any atom is 0.254 e. The predicted octanol–water partition coefficient (Wildman–Crippen LogP) is 4.21. The summed E-state index contributed by atoms with van der Waals surface area (Å²) in [5, 5.41) is 0. The molecule has 1 aliphatic rings. The number of methoxy groups -OCH3 is 1. The number of likely N-dealkylation sites (tertiary alicyclic amines) is 1. The van der Waals surface area contributed by atoms with Crippen molar-refractivity contribution in [2.45, 2.75) is 38.1 Å². The molecular weight excluding hydrogens is 350 g/mol. The van der Waals surface area contributed by atoms with Crippen LogP contribution in [0.5, 0.6) is 5.75 Å². The van der Waals surface area contributed by atoms with Gasteiger partial charge in [0.2, 0.25) is 0 Å². The van der Waals surface area contributed by atoms with Gasteiger partial charge in [-0.15, -0.1) is 0 Å². The second-order valence-electron chi connectivity index (χ2n) is 7.60. The first-order valence-electron chi connectivity index (χ1n) is 10.0. The Bertz CT molecular complexity index is 979. The lowest BCUT2D eigenvalue weighted by Gasteiger charge is -2.36. The van der Waals surface area contributed by atoms with E-state index < -0.39 is 0 Å². The number of carbonyl (C=O) groups excluding carboxylic acids is 1. The highest BCUT2D eigenvalue weighted by molar-refractivity contribution is 5.97. The molecule has 0 N–H and O–H groups in total. The van der Waals surface area contributed by atoms with Crippen LogP contribution >= 0.6 is 0 Å². The van der Waals surface area contributed by atoms with E-state index in [1.165, 1.54) is 12.0 Å². The number of carbonyl (C=O) groups is 1. The van der Waals surface area contributed by atoms with E-state index in [9.17, 15) is 4.79 Å². The highest BCUT2D eigenvalue weighted by Gasteiger charge is 2.27. The maximum absolute atomic E-state index is 13.2. The summed E-state index contributed by atoms with van der Waals surface area (Å²) in [6, 6.07) is 14.3. The number of piperidine rings is 1. The first-order valence-corrected chi connectivity index (χ1v) is 10.0. The minimum atomic E-state index is 0.128. The van der Waals surface area contributed by atoms with E-state index in [4.69, 9.17) is 4.74 Å². The summed E-state index contributed by atoms with van der Waals surface area (Å²) in [5.74, 6) is 1.01. The van der Waals surface area contributed by atoms with Gasteiger partial charge in [-0.05, 0) is 68.0 Å². The van der Waals surface area contributed by atoms with Gasteiger partial charge in [0.25, 0.3) is 5.91 Å². The lowest BCUT2D eigenvalue weighted by molar-refractivity contribution is 0.0602. The normalized spacial score (nSPS) is 17.1. The highest BCUT2D eigenvalue weighted by atomic mass is 16.5. The highest BCUT2D eigenvalue weighted by Crippen LogP contribution is 2.25. The van der Waals surface area contributed by atoms with Crippen LogP contribution in [0.2, 0.25) is 0 Å². The summed E-state index contributed by atoms with van der Waals surface area (Å²) in [6.07, 6.45) is 7.05. The maximum atomic E-state index is 13.2. The van der Waals surface area contributed by atoms with Gasteiger partial charge in [-0.1, -0.05) is 12.1 Å². The molecule has 1 aromatic heterocycles. The average Bonchev–Trinajstić information content (AvgIpc) is 3.12. The van der Waals surface area contributed by atoms with Crippen LogP contribution in [0.4, 0.5) is 0 Å². The number of aryl methyl sites for hydroxylation is 2. The molecule has 4 rings (SSSR count). The Kier molecular flexibility index (Phi) is 5.33. The summed E-state index contributed by atoms with van der Waals surface area (Å²) in [6.45, 7) is 0.835. The summed E-state index contributed by atoms with van der Waals surface area (Å²) >= 11 is 0. The Morgan fingerprint density at radius 3 is 2.96 bits per heavy atom. The fourth-order valence-electron chi connectivity index (χ4n) is 4.16. The van der Waals surface area contributed by atoms with E-state index in [2.05, 4.69) is 22.0 Å². The van der Waals surface area contributed by atoms with Crippen LogP contribution in [0.1, 0.15) is 41.6 Å². The van der Waals surface area contributed by atoms with Gasteiger partial charge >= 0.3 is 0 Å². The molecule has 5 nitrogen and oxygen atoms in total. The molecule has 28 heavy (non-hydrogen) atoms. The zero-order chi connectivity index (χ0) is 19.5. The van der Waals surface area contributed by atoms with Gasteiger partial charge in [0, 0.05) is 25.2 Å². The van der Waals surface area contributed by atoms with Crippen molar-refractivity contribution in [1.82, 2.24) is 14.5 Å². The number of hydrogen-bond acceptors (Lipinski definition) is 3. The number of rotatable bonds is 5. The molecule has 1 saturated heterocycles. The minimum Gasteiger partial charge on any atom is -0.497 e. The van der Waals surface area contributed by atoms with Gasteiger partial charge in [0.05, 0.1) is 24.5 Å². The molecular formula is C23H27N3O2. The van der Waals surface area contributed by atoms with E-state index in [0.29, 0.717) is 0 Å². The third-order valence-electron chi connectivity index (χ3n) is 5.76. The van der Waals surface area contributed by atoms with Crippen molar-refractivity contribution >= 4 is 16.9 Å². The smallest absolute Gasteiger partial charge is 0.254 e. The number of imidazole rings is 1. The summed E-state index contributed by atoms with van der Waals surface area (Å²) in [7, 11) is 3.66. The molecule has 0 unspecified atom stereocenters. The van der Waals surface area contributed by atoms with Crippen LogP contribution in [0, 0.1) is 0 Å². The van der Waals surface area contributed by atoms with Crippen molar-refractivity contribution in [3.63, 3.8) is 0 Å². The number of hydrogen-bond donors (Lipinski definition) is 0. The molecule has 146 valence electrons. The molecule has 3 aromatic rings. The molecule has 0 radical (unpaired) electrons. The Morgan fingerprint density at radius 2 is 2.11 bits per heavy atom. The lowest BCUT2D eigenvalue weighted by atomic mass is 9.95. The molecule has 0 saturated carbocycles. The zero-order valence-corrected chi connectivity index (χ0v) is 16.6. The van der Waals surface area contributed by atoms with Crippen molar-refractivity contribution in [2.24, 2.45) is 7.05 Å². The molecule has 2 heterocycles. The monoisotopic (exact) mass is 377 g/mol. The molecule has 2 aromatic carbocycles. The molecule has 1 amide bonds. The van der Waals surface area contributed by atoms with E-state index in [1.807, 2.05) is 41.9 Å². The van der Waals surface area contributed by atoms with Crippen molar-refractivity contribution in [2.75, 3.05) is 13.7 Å². The van der Waals surface area contributed by atoms with Crippen molar-refractivity contribution in [3.05, 3.63) is 59.9 Å². The van der Waals surface area contributed by atoms with Gasteiger partial charge in [-0.2, -0.15) is 0 Å². The molecule has 5 heteroatoms. The predicted molar refractivity (Wildman–Crippen MR) is 111 cm³/mol. The molecule has 1 aliphatic heterocycles. The first kappa shape index (κ1) is 18.5. The number of ether oxygens (including phenoxy) is 1. The third kappa shape index (κ3) is 3.75. The molecule has 1 fully saturated rings. The van der Waals surface area contributed by atoms with Crippen molar-refractivity contribution in [3.8, 4) is 5.75 Å². The van der Waals surface area contributed by atoms with Crippen LogP contribution < -0.4 is 4.74 Å². The largest absolute Gasteiger partial charge is 0.497 e. The van der Waals surface area contributed by atoms with Gasteiger partial charge in [0.15, 0.2) is 0 Å². The van der Waals surface area contributed by atoms with Crippen molar-refractivity contribution in [1.29, 1.82) is 0 Å². The van der Waals surface area contributed by atoms with Crippen LogP contribution in [0.15, 0.2) is 48.8 Å². The summed E-state index contributed by atoms with van der Waals surface area (Å²) in [5.41, 5.74) is 3.91. The second-order valence-corrected chi connectivity index (χ2v) is 7.60. The summed E-state index contributed by atoms with van der Waals surface area (Å²) in [4.78, 5) is 19.7. The fourth-order valence-corrected chi connectivity index (χ4v) is 4.16. The van der Waals surface area contributed by atoms with Crippen LogP contribution in [0.25, 0.3) is 11.0 Å². The molecule has 0 bridgehead atoms. The number of nitrogens with zero attached hydrogens (tertiary/aromatic N) is 3. The molecule has 1 atom stereocenters. The number of benzene rings is 2. The second kappa shape index (κ2) is 8.05. The number of fused-ring (bicyclic) bond motifs is 1. The molecule has 0 spiro atoms. The number of aromatic nitrogens is 2. The average molecular weight is 377 g/mol. The topological polar surface area (TPSA) is 47.4 Å². The van der Waals surface area contributed by atoms with Gasteiger partial charge in [0.1, 0.15) is 5.75 Å². The Hall–Kier alpha value is -2.82. The van der Waals surface area contributed by atoms with Gasteiger partial charge in [-0.25, -0.2) is 4.98 Å². The fraction of sp³-hybridized carbons (Fsp3) is 0.391. The first-order chi connectivity index (χ1) is 13.7. The Labute approximate surface area is 165 Å². The van der Waals surface area contributed by atoms with Crippen molar-refractivity contribution < 1.29 is 9.53 Å². The Morgan fingerprint density at radius 1 is 1.21 bits per heavy atom. The van der Waals surface area contributed by atoms with Gasteiger partial charge in [-0.3, -0.25) is 4.79 Å². The van der Waals surface area contributed by atoms with Crippen LogP contribution in [-0.2, 0) is 13.5 Å². The lowest BCUT2D eigenvalue weighted by Crippen LogP contribution is -2.44. The SMILES string of the molecule is COc1cccc(CC[C@H]2CCCCN2C(=O)c2ccc3c(c2)ncn3C)c1. The molecule has 0 aliphatic carbocycles. The van der Waals surface area contributed by atoms with Crippen LogP contribution in [-0.4, -0.2) is 40.1 Å². The minimum absolute atomic E-state index is 0.128. The van der Waals surface area contributed by atoms with E-state index in [-0.39, 0.29) is 11.9 Å². The van der Waals surface area contributed by atoms with E-state index >= 15 is 0 Å². The summed E-state index contributed by atoms with van der Waals surface area (Å²) < 4.78 is 7.30.